The van der Waals surface area contributed by atoms with Crippen LogP contribution in [0.1, 0.15) is 11.1 Å². The fourth-order valence-corrected chi connectivity index (χ4v) is 4.17. The van der Waals surface area contributed by atoms with Crippen LogP contribution in [0.3, 0.4) is 0 Å². The van der Waals surface area contributed by atoms with E-state index >= 15 is 0 Å². The van der Waals surface area contributed by atoms with Crippen molar-refractivity contribution in [1.82, 2.24) is 9.55 Å². The van der Waals surface area contributed by atoms with Crippen LogP contribution in [0.2, 0.25) is 0 Å². The van der Waals surface area contributed by atoms with Gasteiger partial charge in [-0.1, -0.05) is 59.3 Å². The summed E-state index contributed by atoms with van der Waals surface area (Å²) in [5, 5.41) is 3.38. The van der Waals surface area contributed by atoms with E-state index in [0.29, 0.717) is 16.5 Å². The van der Waals surface area contributed by atoms with Gasteiger partial charge in [0, 0.05) is 16.9 Å². The highest BCUT2D eigenvalue weighted by molar-refractivity contribution is 7.99. The Kier molecular flexibility index (Phi) is 7.16. The predicted octanol–water partition coefficient (Wildman–Crippen LogP) is 6.79. The number of imidazole rings is 1. The first-order valence-corrected chi connectivity index (χ1v) is 11.7. The number of hydrogen-bond donors (Lipinski definition) is 1. The molecule has 0 radical (unpaired) electrons. The molecular weight excluding hydrogens is 475 g/mol. The number of hydrogen-bond acceptors (Lipinski definition) is 4. The van der Waals surface area contributed by atoms with Crippen LogP contribution in [-0.2, 0) is 4.79 Å². The van der Waals surface area contributed by atoms with Crippen molar-refractivity contribution in [2.75, 3.05) is 11.1 Å². The Balaban J connectivity index is 1.60. The highest BCUT2D eigenvalue weighted by Crippen LogP contribution is 2.32. The summed E-state index contributed by atoms with van der Waals surface area (Å²) >= 11 is 1.23. The van der Waals surface area contributed by atoms with E-state index in [4.69, 9.17) is 0 Å². The van der Waals surface area contributed by atoms with E-state index in [0.717, 1.165) is 22.4 Å². The molecule has 0 aliphatic rings. The van der Waals surface area contributed by atoms with Crippen molar-refractivity contribution >= 4 is 23.4 Å². The van der Waals surface area contributed by atoms with Crippen LogP contribution in [-0.4, -0.2) is 27.6 Å². The van der Waals surface area contributed by atoms with E-state index in [-0.39, 0.29) is 17.4 Å². The third-order valence-corrected chi connectivity index (χ3v) is 6.03. The smallest absolute Gasteiger partial charge is 0.406 e. The number of aryl methyl sites for hydroxylation is 2. The van der Waals surface area contributed by atoms with Gasteiger partial charge in [0.1, 0.15) is 5.75 Å². The fourth-order valence-electron chi connectivity index (χ4n) is 3.38. The summed E-state index contributed by atoms with van der Waals surface area (Å²) in [7, 11) is 0. The maximum atomic E-state index is 12.6. The first-order chi connectivity index (χ1) is 16.7. The Morgan fingerprint density at radius 2 is 1.54 bits per heavy atom. The number of thioether (sulfide) groups is 1. The molecule has 0 saturated heterocycles. The average Bonchev–Trinajstić information content (AvgIpc) is 3.23. The quantitative estimate of drug-likeness (QED) is 0.286. The highest BCUT2D eigenvalue weighted by Gasteiger charge is 2.31. The maximum absolute atomic E-state index is 12.6. The molecule has 1 aromatic heterocycles. The van der Waals surface area contributed by atoms with Crippen molar-refractivity contribution in [3.05, 3.63) is 90.1 Å². The van der Waals surface area contributed by atoms with Crippen molar-refractivity contribution in [2.24, 2.45) is 0 Å². The number of alkyl halides is 3. The maximum Gasteiger partial charge on any atom is 0.573 e. The molecule has 0 saturated carbocycles. The van der Waals surface area contributed by atoms with Crippen LogP contribution in [0.15, 0.2) is 84.1 Å². The number of benzene rings is 3. The monoisotopic (exact) mass is 497 g/mol. The lowest BCUT2D eigenvalue weighted by Gasteiger charge is -2.14. The molecule has 4 aromatic rings. The van der Waals surface area contributed by atoms with E-state index in [9.17, 15) is 18.0 Å². The number of rotatable bonds is 7. The van der Waals surface area contributed by atoms with Gasteiger partial charge < -0.3 is 10.1 Å². The van der Waals surface area contributed by atoms with Gasteiger partial charge in [-0.2, -0.15) is 0 Å². The number of nitrogens with zero attached hydrogens (tertiary/aromatic N) is 2. The summed E-state index contributed by atoms with van der Waals surface area (Å²) in [5.41, 5.74) is 5.11. The summed E-state index contributed by atoms with van der Waals surface area (Å²) in [5.74, 6) is -0.405. The predicted molar refractivity (Wildman–Crippen MR) is 131 cm³/mol. The van der Waals surface area contributed by atoms with E-state index in [1.165, 1.54) is 36.0 Å². The van der Waals surface area contributed by atoms with E-state index in [1.807, 2.05) is 66.9 Å². The van der Waals surface area contributed by atoms with Crippen molar-refractivity contribution in [2.45, 2.75) is 25.4 Å². The molecule has 1 N–H and O–H groups in total. The van der Waals surface area contributed by atoms with Gasteiger partial charge in [-0.05, 0) is 50.2 Å². The number of aromatic nitrogens is 2. The standard InChI is InChI=1S/C26H22F3N3O2S/c1-17-3-7-19(8-4-17)23-15-30-25(35-16-24(33)31-20-9-5-18(2)6-10-20)32(23)21-11-13-22(14-12-21)34-26(27,28)29/h3-15H,16H2,1-2H3,(H,31,33). The van der Waals surface area contributed by atoms with Crippen LogP contribution in [0.5, 0.6) is 5.75 Å². The summed E-state index contributed by atoms with van der Waals surface area (Å²) in [6.07, 6.45) is -3.08. The third kappa shape index (κ3) is 6.45. The first-order valence-electron chi connectivity index (χ1n) is 10.7. The molecule has 0 aliphatic heterocycles. The van der Waals surface area contributed by atoms with Gasteiger partial charge in [0.25, 0.3) is 0 Å². The molecule has 3 aromatic carbocycles. The van der Waals surface area contributed by atoms with Crippen molar-refractivity contribution in [3.63, 3.8) is 0 Å². The van der Waals surface area contributed by atoms with E-state index < -0.39 is 6.36 Å². The van der Waals surface area contributed by atoms with Crippen molar-refractivity contribution in [1.29, 1.82) is 0 Å². The van der Waals surface area contributed by atoms with Gasteiger partial charge in [-0.3, -0.25) is 9.36 Å². The van der Waals surface area contributed by atoms with Crippen molar-refractivity contribution in [3.8, 4) is 22.7 Å². The van der Waals surface area contributed by atoms with Gasteiger partial charge in [0.05, 0.1) is 17.6 Å². The SMILES string of the molecule is Cc1ccc(NC(=O)CSc2ncc(-c3ccc(C)cc3)n2-c2ccc(OC(F)(F)F)cc2)cc1. The second kappa shape index (κ2) is 10.3. The topological polar surface area (TPSA) is 56.2 Å². The Labute approximate surface area is 205 Å². The van der Waals surface area contributed by atoms with Crippen LogP contribution < -0.4 is 10.1 Å². The Morgan fingerprint density at radius 1 is 0.943 bits per heavy atom. The summed E-state index contributed by atoms with van der Waals surface area (Å²) < 4.78 is 43.5. The van der Waals surface area contributed by atoms with Crippen LogP contribution in [0, 0.1) is 13.8 Å². The van der Waals surface area contributed by atoms with Gasteiger partial charge in [-0.25, -0.2) is 4.98 Å². The van der Waals surface area contributed by atoms with Crippen LogP contribution in [0.25, 0.3) is 16.9 Å². The zero-order valence-corrected chi connectivity index (χ0v) is 19.8. The fraction of sp³-hybridized carbons (Fsp3) is 0.154. The largest absolute Gasteiger partial charge is 0.573 e. The first kappa shape index (κ1) is 24.4. The van der Waals surface area contributed by atoms with Gasteiger partial charge in [-0.15, -0.1) is 13.2 Å². The molecule has 9 heteroatoms. The lowest BCUT2D eigenvalue weighted by atomic mass is 10.1. The van der Waals surface area contributed by atoms with E-state index in [2.05, 4.69) is 15.0 Å². The lowest BCUT2D eigenvalue weighted by Crippen LogP contribution is -2.17. The molecule has 4 rings (SSSR count). The molecule has 0 bridgehead atoms. The minimum Gasteiger partial charge on any atom is -0.406 e. The zero-order valence-electron chi connectivity index (χ0n) is 19.0. The number of amides is 1. The number of carbonyl (C=O) groups excluding carboxylic acids is 1. The molecule has 1 amide bonds. The summed E-state index contributed by atoms with van der Waals surface area (Å²) in [6, 6.07) is 20.9. The second-order valence-electron chi connectivity index (χ2n) is 7.87. The lowest BCUT2D eigenvalue weighted by molar-refractivity contribution is -0.274. The molecule has 0 unspecified atom stereocenters. The van der Waals surface area contributed by atoms with E-state index in [1.54, 1.807) is 6.20 Å². The number of carbonyl (C=O) groups is 1. The number of nitrogens with one attached hydrogen (secondary N) is 1. The minimum absolute atomic E-state index is 0.105. The molecule has 0 fully saturated rings. The van der Waals surface area contributed by atoms with Gasteiger partial charge in [0.2, 0.25) is 5.91 Å². The molecule has 180 valence electrons. The number of halogens is 3. The second-order valence-corrected chi connectivity index (χ2v) is 8.81. The Hall–Kier alpha value is -3.72. The molecular formula is C26H22F3N3O2S. The average molecular weight is 498 g/mol. The Bertz CT molecular complexity index is 1300. The summed E-state index contributed by atoms with van der Waals surface area (Å²) in [4.78, 5) is 17.0. The normalized spacial score (nSPS) is 11.3. The molecule has 0 aliphatic carbocycles. The molecule has 5 nitrogen and oxygen atoms in total. The van der Waals surface area contributed by atoms with Crippen LogP contribution >= 0.6 is 11.8 Å². The van der Waals surface area contributed by atoms with Crippen LogP contribution in [0.4, 0.5) is 18.9 Å². The van der Waals surface area contributed by atoms with Gasteiger partial charge >= 0.3 is 6.36 Å². The molecule has 0 spiro atoms. The number of ether oxygens (including phenoxy) is 1. The number of anilines is 1. The molecule has 1 heterocycles. The Morgan fingerprint density at radius 3 is 2.14 bits per heavy atom. The zero-order chi connectivity index (χ0) is 25.0. The highest BCUT2D eigenvalue weighted by atomic mass is 32.2. The molecule has 0 atom stereocenters. The summed E-state index contributed by atoms with van der Waals surface area (Å²) in [6.45, 7) is 3.95. The van der Waals surface area contributed by atoms with Crippen molar-refractivity contribution < 1.29 is 22.7 Å². The molecule has 35 heavy (non-hydrogen) atoms. The van der Waals surface area contributed by atoms with Gasteiger partial charge in [0.15, 0.2) is 5.16 Å². The third-order valence-electron chi connectivity index (χ3n) is 5.07. The minimum atomic E-state index is -4.77.